The van der Waals surface area contributed by atoms with E-state index < -0.39 is 0 Å². The van der Waals surface area contributed by atoms with Gasteiger partial charge < -0.3 is 19.7 Å². The molecule has 0 atom stereocenters. The van der Waals surface area contributed by atoms with Gasteiger partial charge in [0.25, 0.3) is 0 Å². The molecule has 0 unspecified atom stereocenters. The second-order valence-electron chi connectivity index (χ2n) is 6.33. The molecule has 26 heavy (non-hydrogen) atoms. The first-order valence-electron chi connectivity index (χ1n) is 8.69. The zero-order chi connectivity index (χ0) is 18.4. The van der Waals surface area contributed by atoms with Crippen LogP contribution in [0.3, 0.4) is 0 Å². The first-order valence-corrected chi connectivity index (χ1v) is 9.07. The Labute approximate surface area is 158 Å². The normalized spacial score (nSPS) is 12.9. The van der Waals surface area contributed by atoms with E-state index in [0.29, 0.717) is 37.7 Å². The van der Waals surface area contributed by atoms with Crippen molar-refractivity contribution >= 4 is 17.5 Å². The molecule has 0 bridgehead atoms. The van der Waals surface area contributed by atoms with Crippen molar-refractivity contribution < 1.29 is 14.3 Å². The minimum Gasteiger partial charge on any atom is -0.486 e. The van der Waals surface area contributed by atoms with E-state index in [1.165, 1.54) is 0 Å². The van der Waals surface area contributed by atoms with Gasteiger partial charge in [0, 0.05) is 31.1 Å². The summed E-state index contributed by atoms with van der Waals surface area (Å²) in [5.41, 5.74) is 2.06. The second kappa shape index (κ2) is 8.92. The molecule has 0 aliphatic carbocycles. The predicted molar refractivity (Wildman–Crippen MR) is 102 cm³/mol. The van der Waals surface area contributed by atoms with Crippen LogP contribution in [0.1, 0.15) is 17.5 Å². The largest absolute Gasteiger partial charge is 0.486 e. The average Bonchev–Trinajstić information content (AvgIpc) is 2.65. The third kappa shape index (κ3) is 5.13. The Hall–Kier alpha value is -2.24. The standard InChI is InChI=1S/C20H23ClN2O3/c1-23(14-15-6-7-18-19(12-15)26-11-10-25-18)9-8-20(24)22-13-16-4-2-3-5-17(16)21/h2-7,12H,8-11,13-14H2,1H3,(H,22,24). The summed E-state index contributed by atoms with van der Waals surface area (Å²) in [4.78, 5) is 14.2. The molecule has 6 heteroatoms. The van der Waals surface area contributed by atoms with E-state index in [1.807, 2.05) is 49.5 Å². The average molecular weight is 375 g/mol. The first kappa shape index (κ1) is 18.5. The van der Waals surface area contributed by atoms with Gasteiger partial charge in [-0.05, 0) is 36.4 Å². The van der Waals surface area contributed by atoms with E-state index in [2.05, 4.69) is 10.2 Å². The molecule has 0 fully saturated rings. The zero-order valence-corrected chi connectivity index (χ0v) is 15.6. The van der Waals surface area contributed by atoms with Crippen molar-refractivity contribution in [2.75, 3.05) is 26.8 Å². The molecule has 0 spiro atoms. The van der Waals surface area contributed by atoms with Crippen LogP contribution in [0.2, 0.25) is 5.02 Å². The smallest absolute Gasteiger partial charge is 0.221 e. The number of fused-ring (bicyclic) bond motifs is 1. The van der Waals surface area contributed by atoms with Gasteiger partial charge in [-0.25, -0.2) is 0 Å². The number of amides is 1. The van der Waals surface area contributed by atoms with E-state index in [1.54, 1.807) is 0 Å². The highest BCUT2D eigenvalue weighted by molar-refractivity contribution is 6.31. The molecule has 138 valence electrons. The highest BCUT2D eigenvalue weighted by Gasteiger charge is 2.13. The van der Waals surface area contributed by atoms with Crippen LogP contribution < -0.4 is 14.8 Å². The van der Waals surface area contributed by atoms with Crippen LogP contribution >= 0.6 is 11.6 Å². The van der Waals surface area contributed by atoms with E-state index in [9.17, 15) is 4.79 Å². The van der Waals surface area contributed by atoms with Crippen molar-refractivity contribution in [2.45, 2.75) is 19.5 Å². The fraction of sp³-hybridized carbons (Fsp3) is 0.350. The van der Waals surface area contributed by atoms with Gasteiger partial charge in [-0.2, -0.15) is 0 Å². The molecule has 5 nitrogen and oxygen atoms in total. The number of carbonyl (C=O) groups excluding carboxylic acids is 1. The van der Waals surface area contributed by atoms with Crippen molar-refractivity contribution in [3.63, 3.8) is 0 Å². The minimum absolute atomic E-state index is 0.0129. The summed E-state index contributed by atoms with van der Waals surface area (Å²) in [6, 6.07) is 13.5. The van der Waals surface area contributed by atoms with E-state index in [-0.39, 0.29) is 5.91 Å². The highest BCUT2D eigenvalue weighted by Crippen LogP contribution is 2.31. The highest BCUT2D eigenvalue weighted by atomic mass is 35.5. The molecule has 0 saturated carbocycles. The molecule has 1 heterocycles. The lowest BCUT2D eigenvalue weighted by Crippen LogP contribution is -2.28. The van der Waals surface area contributed by atoms with E-state index in [4.69, 9.17) is 21.1 Å². The fourth-order valence-corrected chi connectivity index (χ4v) is 3.00. The minimum atomic E-state index is 0.0129. The number of hydrogen-bond donors (Lipinski definition) is 1. The van der Waals surface area contributed by atoms with Crippen LogP contribution in [0.5, 0.6) is 11.5 Å². The number of ether oxygens (including phenoxy) is 2. The van der Waals surface area contributed by atoms with Gasteiger partial charge in [-0.15, -0.1) is 0 Å². The molecule has 0 aromatic heterocycles. The molecule has 0 saturated heterocycles. The Balaban J connectivity index is 1.43. The molecule has 2 aromatic rings. The van der Waals surface area contributed by atoms with Gasteiger partial charge in [0.05, 0.1) is 0 Å². The summed E-state index contributed by atoms with van der Waals surface area (Å²) in [7, 11) is 2.00. The van der Waals surface area contributed by atoms with Crippen LogP contribution in [0.25, 0.3) is 0 Å². The SMILES string of the molecule is CN(CCC(=O)NCc1ccccc1Cl)Cc1ccc2c(c1)OCCO2. The molecular weight excluding hydrogens is 352 g/mol. The van der Waals surface area contributed by atoms with Crippen LogP contribution in [0.4, 0.5) is 0 Å². The van der Waals surface area contributed by atoms with E-state index in [0.717, 1.165) is 29.2 Å². The van der Waals surface area contributed by atoms with Crippen LogP contribution in [-0.4, -0.2) is 37.6 Å². The Morgan fingerprint density at radius 2 is 1.92 bits per heavy atom. The lowest BCUT2D eigenvalue weighted by molar-refractivity contribution is -0.121. The van der Waals surface area contributed by atoms with Crippen molar-refractivity contribution in [3.8, 4) is 11.5 Å². The summed E-state index contributed by atoms with van der Waals surface area (Å²) in [6.07, 6.45) is 0.436. The topological polar surface area (TPSA) is 50.8 Å². The van der Waals surface area contributed by atoms with Gasteiger partial charge in [0.1, 0.15) is 13.2 Å². The summed E-state index contributed by atoms with van der Waals surface area (Å²) in [5, 5.41) is 3.58. The van der Waals surface area contributed by atoms with Gasteiger partial charge in [0.2, 0.25) is 5.91 Å². The molecule has 0 radical (unpaired) electrons. The number of benzene rings is 2. The van der Waals surface area contributed by atoms with Crippen molar-refractivity contribution in [2.24, 2.45) is 0 Å². The molecule has 2 aromatic carbocycles. The van der Waals surface area contributed by atoms with Crippen LogP contribution in [0.15, 0.2) is 42.5 Å². The van der Waals surface area contributed by atoms with Crippen LogP contribution in [-0.2, 0) is 17.9 Å². The van der Waals surface area contributed by atoms with Gasteiger partial charge >= 0.3 is 0 Å². The maximum Gasteiger partial charge on any atom is 0.221 e. The molecule has 1 aliphatic rings. The lowest BCUT2D eigenvalue weighted by Gasteiger charge is -2.21. The maximum absolute atomic E-state index is 12.1. The van der Waals surface area contributed by atoms with Gasteiger partial charge in [-0.1, -0.05) is 35.9 Å². The first-order chi connectivity index (χ1) is 12.6. The molecule has 1 aliphatic heterocycles. The Kier molecular flexibility index (Phi) is 6.36. The van der Waals surface area contributed by atoms with Crippen molar-refractivity contribution in [3.05, 3.63) is 58.6 Å². The zero-order valence-electron chi connectivity index (χ0n) is 14.8. The lowest BCUT2D eigenvalue weighted by atomic mass is 10.2. The molecular formula is C20H23ClN2O3. The predicted octanol–water partition coefficient (Wildman–Crippen LogP) is 3.25. The second-order valence-corrected chi connectivity index (χ2v) is 6.74. The van der Waals surface area contributed by atoms with Gasteiger partial charge in [0.15, 0.2) is 11.5 Å². The number of hydrogen-bond acceptors (Lipinski definition) is 4. The number of halogens is 1. The quantitative estimate of drug-likeness (QED) is 0.808. The third-order valence-corrected chi connectivity index (χ3v) is 4.58. The number of carbonyl (C=O) groups is 1. The van der Waals surface area contributed by atoms with Crippen LogP contribution in [0, 0.1) is 0 Å². The Morgan fingerprint density at radius 1 is 1.15 bits per heavy atom. The summed E-state index contributed by atoms with van der Waals surface area (Å²) < 4.78 is 11.1. The number of rotatable bonds is 7. The maximum atomic E-state index is 12.1. The number of nitrogens with zero attached hydrogens (tertiary/aromatic N) is 1. The monoisotopic (exact) mass is 374 g/mol. The van der Waals surface area contributed by atoms with Gasteiger partial charge in [-0.3, -0.25) is 4.79 Å². The fourth-order valence-electron chi connectivity index (χ4n) is 2.79. The number of nitrogens with one attached hydrogen (secondary N) is 1. The Bertz CT molecular complexity index is 766. The summed E-state index contributed by atoms with van der Waals surface area (Å²) in [5.74, 6) is 1.60. The molecule has 3 rings (SSSR count). The Morgan fingerprint density at radius 3 is 2.73 bits per heavy atom. The summed E-state index contributed by atoms with van der Waals surface area (Å²) in [6.45, 7) is 3.04. The van der Waals surface area contributed by atoms with Crippen molar-refractivity contribution in [1.29, 1.82) is 0 Å². The van der Waals surface area contributed by atoms with E-state index >= 15 is 0 Å². The molecule has 1 N–H and O–H groups in total. The van der Waals surface area contributed by atoms with Crippen molar-refractivity contribution in [1.82, 2.24) is 10.2 Å². The summed E-state index contributed by atoms with van der Waals surface area (Å²) >= 11 is 6.10. The third-order valence-electron chi connectivity index (χ3n) is 4.21. The molecule has 1 amide bonds.